The zero-order valence-electron chi connectivity index (χ0n) is 16.8. The lowest BCUT2D eigenvalue weighted by Gasteiger charge is -2.11. The molecule has 0 aliphatic heterocycles. The lowest BCUT2D eigenvalue weighted by atomic mass is 9.97. The molecule has 1 aromatic carbocycles. The van der Waals surface area contributed by atoms with Crippen LogP contribution < -0.4 is 10.6 Å². The molecule has 28 heavy (non-hydrogen) atoms. The van der Waals surface area contributed by atoms with Crippen LogP contribution >= 0.6 is 0 Å². The molecule has 0 aliphatic carbocycles. The zero-order valence-corrected chi connectivity index (χ0v) is 16.8. The van der Waals surface area contributed by atoms with Crippen LogP contribution in [0.3, 0.4) is 0 Å². The maximum absolute atomic E-state index is 13.5. The second kappa shape index (κ2) is 8.41. The standard InChI is InChI=1S/C20H27FN6O/c1-5-22-19(25-12-17-26-18(28-27-17)20(2,3)4)23-9-8-13-11-24-16-7-6-14(21)10-15(13)16/h6-7,10-11,24H,5,8-9,12H2,1-4H3,(H2,22,23,25). The van der Waals surface area contributed by atoms with Gasteiger partial charge in [-0.3, -0.25) is 0 Å². The van der Waals surface area contributed by atoms with E-state index in [2.05, 4.69) is 30.8 Å². The number of aliphatic imine (C=N–C) groups is 1. The van der Waals surface area contributed by atoms with Gasteiger partial charge in [0.1, 0.15) is 12.4 Å². The van der Waals surface area contributed by atoms with Crippen LogP contribution in [0.5, 0.6) is 0 Å². The number of benzene rings is 1. The second-order valence-corrected chi connectivity index (χ2v) is 7.64. The predicted molar refractivity (Wildman–Crippen MR) is 108 cm³/mol. The molecule has 0 atom stereocenters. The van der Waals surface area contributed by atoms with Crippen LogP contribution in [0.1, 0.15) is 45.0 Å². The average molecular weight is 386 g/mol. The summed E-state index contributed by atoms with van der Waals surface area (Å²) in [6.45, 7) is 9.80. The lowest BCUT2D eigenvalue weighted by Crippen LogP contribution is -2.38. The van der Waals surface area contributed by atoms with Crippen LogP contribution in [0.4, 0.5) is 4.39 Å². The zero-order chi connectivity index (χ0) is 20.1. The number of rotatable bonds is 6. The molecular formula is C20H27FN6O. The maximum atomic E-state index is 13.5. The molecule has 0 radical (unpaired) electrons. The van der Waals surface area contributed by atoms with E-state index >= 15 is 0 Å². The average Bonchev–Trinajstić information content (AvgIpc) is 3.26. The Kier molecular flexibility index (Phi) is 5.96. The van der Waals surface area contributed by atoms with Crippen molar-refractivity contribution in [1.29, 1.82) is 0 Å². The fourth-order valence-electron chi connectivity index (χ4n) is 2.79. The van der Waals surface area contributed by atoms with E-state index in [1.165, 1.54) is 6.07 Å². The van der Waals surface area contributed by atoms with Crippen molar-refractivity contribution in [3.05, 3.63) is 47.5 Å². The van der Waals surface area contributed by atoms with Gasteiger partial charge in [-0.05, 0) is 37.1 Å². The van der Waals surface area contributed by atoms with Crippen molar-refractivity contribution in [3.8, 4) is 0 Å². The Balaban J connectivity index is 1.60. The number of aromatic nitrogens is 3. The van der Waals surface area contributed by atoms with Crippen molar-refractivity contribution in [1.82, 2.24) is 25.8 Å². The fraction of sp³-hybridized carbons (Fsp3) is 0.450. The Morgan fingerprint density at radius 3 is 2.82 bits per heavy atom. The number of hydrogen-bond acceptors (Lipinski definition) is 4. The fourth-order valence-corrected chi connectivity index (χ4v) is 2.79. The molecule has 0 spiro atoms. The molecule has 0 saturated carbocycles. The van der Waals surface area contributed by atoms with Crippen LogP contribution in [-0.2, 0) is 18.4 Å². The molecule has 3 N–H and O–H groups in total. The summed E-state index contributed by atoms with van der Waals surface area (Å²) in [6.07, 6.45) is 2.66. The Hall–Kier alpha value is -2.90. The monoisotopic (exact) mass is 386 g/mol. The minimum absolute atomic E-state index is 0.184. The van der Waals surface area contributed by atoms with E-state index in [0.717, 1.165) is 29.4 Å². The molecule has 0 saturated heterocycles. The lowest BCUT2D eigenvalue weighted by molar-refractivity contribution is 0.318. The third kappa shape index (κ3) is 4.88. The first-order chi connectivity index (χ1) is 13.4. The number of nitrogens with zero attached hydrogens (tertiary/aromatic N) is 3. The van der Waals surface area contributed by atoms with Crippen molar-refractivity contribution in [2.45, 2.75) is 46.1 Å². The molecular weight excluding hydrogens is 359 g/mol. The SMILES string of the molecule is CCNC(=NCc1noc(C(C)(C)C)n1)NCCc1c[nH]c2ccc(F)cc12. The number of guanidine groups is 1. The molecule has 0 bridgehead atoms. The largest absolute Gasteiger partial charge is 0.361 e. The Bertz CT molecular complexity index is 953. The second-order valence-electron chi connectivity index (χ2n) is 7.64. The van der Waals surface area contributed by atoms with Gasteiger partial charge in [0.05, 0.1) is 0 Å². The topological polar surface area (TPSA) is 91.1 Å². The highest BCUT2D eigenvalue weighted by Gasteiger charge is 2.21. The first kappa shape index (κ1) is 19.9. The molecule has 7 nitrogen and oxygen atoms in total. The molecule has 150 valence electrons. The highest BCUT2D eigenvalue weighted by Crippen LogP contribution is 2.20. The van der Waals surface area contributed by atoms with Gasteiger partial charge in [-0.15, -0.1) is 0 Å². The molecule has 3 aromatic rings. The molecule has 8 heteroatoms. The van der Waals surface area contributed by atoms with E-state index in [1.807, 2.05) is 33.9 Å². The summed E-state index contributed by atoms with van der Waals surface area (Å²) >= 11 is 0. The highest BCUT2D eigenvalue weighted by molar-refractivity contribution is 5.83. The maximum Gasteiger partial charge on any atom is 0.232 e. The summed E-state index contributed by atoms with van der Waals surface area (Å²) in [5.74, 6) is 1.60. The van der Waals surface area contributed by atoms with Gasteiger partial charge in [-0.25, -0.2) is 9.38 Å². The van der Waals surface area contributed by atoms with Crippen molar-refractivity contribution in [3.63, 3.8) is 0 Å². The predicted octanol–water partition coefficient (Wildman–Crippen LogP) is 3.29. The van der Waals surface area contributed by atoms with Crippen molar-refractivity contribution < 1.29 is 8.91 Å². The Morgan fingerprint density at radius 1 is 1.29 bits per heavy atom. The quantitative estimate of drug-likeness (QED) is 0.447. The van der Waals surface area contributed by atoms with Crippen LogP contribution in [0.2, 0.25) is 0 Å². The van der Waals surface area contributed by atoms with Crippen LogP contribution in [0.15, 0.2) is 33.9 Å². The first-order valence-corrected chi connectivity index (χ1v) is 9.47. The van der Waals surface area contributed by atoms with Crippen molar-refractivity contribution in [2.24, 2.45) is 4.99 Å². The number of fused-ring (bicyclic) bond motifs is 1. The Morgan fingerprint density at radius 2 is 2.11 bits per heavy atom. The summed E-state index contributed by atoms with van der Waals surface area (Å²) in [4.78, 5) is 12.1. The molecule has 0 aliphatic rings. The van der Waals surface area contributed by atoms with Gasteiger partial charge < -0.3 is 20.1 Å². The first-order valence-electron chi connectivity index (χ1n) is 9.47. The van der Waals surface area contributed by atoms with Gasteiger partial charge in [0.15, 0.2) is 11.8 Å². The van der Waals surface area contributed by atoms with Crippen LogP contribution in [-0.4, -0.2) is 34.2 Å². The summed E-state index contributed by atoms with van der Waals surface area (Å²) in [5, 5.41) is 11.4. The molecule has 0 unspecified atom stereocenters. The molecule has 0 amide bonds. The van der Waals surface area contributed by atoms with Gasteiger partial charge in [0.25, 0.3) is 0 Å². The smallest absolute Gasteiger partial charge is 0.232 e. The van der Waals surface area contributed by atoms with E-state index in [4.69, 9.17) is 4.52 Å². The summed E-state index contributed by atoms with van der Waals surface area (Å²) in [7, 11) is 0. The van der Waals surface area contributed by atoms with Gasteiger partial charge in [-0.2, -0.15) is 4.98 Å². The number of H-pyrrole nitrogens is 1. The van der Waals surface area contributed by atoms with Crippen molar-refractivity contribution >= 4 is 16.9 Å². The molecule has 3 rings (SSSR count). The van der Waals surface area contributed by atoms with E-state index in [-0.39, 0.29) is 11.2 Å². The highest BCUT2D eigenvalue weighted by atomic mass is 19.1. The third-order valence-corrected chi connectivity index (χ3v) is 4.25. The molecule has 2 heterocycles. The van der Waals surface area contributed by atoms with Crippen LogP contribution in [0, 0.1) is 5.82 Å². The number of halogens is 1. The summed E-state index contributed by atoms with van der Waals surface area (Å²) in [6, 6.07) is 4.77. The van der Waals surface area contributed by atoms with Crippen molar-refractivity contribution in [2.75, 3.05) is 13.1 Å². The molecule has 0 fully saturated rings. The number of nitrogens with one attached hydrogen (secondary N) is 3. The minimum atomic E-state index is -0.231. The van der Waals surface area contributed by atoms with E-state index in [9.17, 15) is 4.39 Å². The molecule has 2 aromatic heterocycles. The minimum Gasteiger partial charge on any atom is -0.361 e. The number of hydrogen-bond donors (Lipinski definition) is 3. The van der Waals surface area contributed by atoms with E-state index in [0.29, 0.717) is 30.8 Å². The van der Waals surface area contributed by atoms with E-state index in [1.54, 1.807) is 12.1 Å². The summed E-state index contributed by atoms with van der Waals surface area (Å²) in [5.41, 5.74) is 1.81. The van der Waals surface area contributed by atoms with Gasteiger partial charge in [0, 0.05) is 35.6 Å². The summed E-state index contributed by atoms with van der Waals surface area (Å²) < 4.78 is 18.8. The van der Waals surface area contributed by atoms with Gasteiger partial charge in [0.2, 0.25) is 5.89 Å². The number of aromatic amines is 1. The van der Waals surface area contributed by atoms with Crippen LogP contribution in [0.25, 0.3) is 10.9 Å². The van der Waals surface area contributed by atoms with Gasteiger partial charge in [-0.1, -0.05) is 25.9 Å². The normalized spacial score (nSPS) is 12.5. The third-order valence-electron chi connectivity index (χ3n) is 4.25. The van der Waals surface area contributed by atoms with E-state index < -0.39 is 0 Å². The Labute approximate surface area is 163 Å². The van der Waals surface area contributed by atoms with Gasteiger partial charge >= 0.3 is 0 Å².